The molecule has 104 valence electrons. The van der Waals surface area contributed by atoms with Gasteiger partial charge in [-0.1, -0.05) is 12.1 Å². The fourth-order valence-corrected chi connectivity index (χ4v) is 1.95. The van der Waals surface area contributed by atoms with Gasteiger partial charge in [0.25, 0.3) is 11.2 Å². The van der Waals surface area contributed by atoms with Gasteiger partial charge >= 0.3 is 0 Å². The van der Waals surface area contributed by atoms with Crippen molar-refractivity contribution >= 4 is 11.4 Å². The molecule has 0 aliphatic rings. The molecule has 2 aromatic rings. The second-order valence-electron chi connectivity index (χ2n) is 4.31. The number of nitro groups is 1. The molecule has 1 heterocycles. The van der Waals surface area contributed by atoms with Crippen LogP contribution < -0.4 is 10.9 Å². The minimum Gasteiger partial charge on any atom is -0.380 e. The Hall–Kier alpha value is -2.63. The van der Waals surface area contributed by atoms with E-state index < -0.39 is 4.92 Å². The summed E-state index contributed by atoms with van der Waals surface area (Å²) in [6.45, 7) is 2.80. The molecule has 0 saturated carbocycles. The molecule has 0 bridgehead atoms. The number of nitro benzene ring substituents is 1. The average Bonchev–Trinajstić information content (AvgIpc) is 2.43. The van der Waals surface area contributed by atoms with Gasteiger partial charge in [0.05, 0.1) is 11.5 Å². The van der Waals surface area contributed by atoms with Crippen LogP contribution in [0, 0.1) is 10.1 Å². The lowest BCUT2D eigenvalue weighted by molar-refractivity contribution is -0.384. The van der Waals surface area contributed by atoms with Crippen molar-refractivity contribution in [3.8, 4) is 0 Å². The fourth-order valence-electron chi connectivity index (χ4n) is 1.95. The Balaban J connectivity index is 2.34. The number of nitrogens with zero attached hydrogens (tertiary/aromatic N) is 2. The van der Waals surface area contributed by atoms with Gasteiger partial charge in [0.15, 0.2) is 0 Å². The van der Waals surface area contributed by atoms with Crippen LogP contribution in [-0.2, 0) is 6.54 Å². The molecule has 1 aromatic heterocycles. The van der Waals surface area contributed by atoms with E-state index >= 15 is 0 Å². The van der Waals surface area contributed by atoms with E-state index in [2.05, 4.69) is 5.32 Å². The van der Waals surface area contributed by atoms with E-state index in [0.29, 0.717) is 24.3 Å². The lowest BCUT2D eigenvalue weighted by Crippen LogP contribution is -2.18. The third kappa shape index (κ3) is 3.03. The van der Waals surface area contributed by atoms with Gasteiger partial charge in [-0.05, 0) is 24.6 Å². The van der Waals surface area contributed by atoms with Crippen LogP contribution in [0.1, 0.15) is 12.5 Å². The van der Waals surface area contributed by atoms with Crippen molar-refractivity contribution < 1.29 is 4.92 Å². The van der Waals surface area contributed by atoms with Crippen molar-refractivity contribution in [1.82, 2.24) is 4.57 Å². The van der Waals surface area contributed by atoms with E-state index in [0.717, 1.165) is 0 Å². The Bertz CT molecular complexity index is 679. The summed E-state index contributed by atoms with van der Waals surface area (Å²) < 4.78 is 1.51. The van der Waals surface area contributed by atoms with Crippen LogP contribution in [0.25, 0.3) is 0 Å². The van der Waals surface area contributed by atoms with Crippen molar-refractivity contribution in [3.63, 3.8) is 0 Å². The molecule has 0 aliphatic carbocycles. The second kappa shape index (κ2) is 6.01. The van der Waals surface area contributed by atoms with Gasteiger partial charge in [-0.25, -0.2) is 0 Å². The first-order chi connectivity index (χ1) is 9.61. The predicted octanol–water partition coefficient (Wildman–Crippen LogP) is 2.24. The maximum atomic E-state index is 11.6. The molecule has 6 heteroatoms. The zero-order chi connectivity index (χ0) is 14.5. The summed E-state index contributed by atoms with van der Waals surface area (Å²) in [5.41, 5.74) is 1.09. The Morgan fingerprint density at radius 2 is 2.10 bits per heavy atom. The second-order valence-corrected chi connectivity index (χ2v) is 4.31. The van der Waals surface area contributed by atoms with E-state index in [4.69, 9.17) is 0 Å². The first-order valence-electron chi connectivity index (χ1n) is 6.28. The summed E-state index contributed by atoms with van der Waals surface area (Å²) in [7, 11) is 0. The van der Waals surface area contributed by atoms with E-state index in [1.54, 1.807) is 30.5 Å². The topological polar surface area (TPSA) is 77.2 Å². The number of nitrogens with one attached hydrogen (secondary N) is 1. The molecule has 20 heavy (non-hydrogen) atoms. The monoisotopic (exact) mass is 273 g/mol. The normalized spacial score (nSPS) is 10.2. The molecule has 0 aliphatic heterocycles. The number of aromatic nitrogens is 1. The number of hydrogen-bond donors (Lipinski definition) is 1. The number of pyridine rings is 1. The average molecular weight is 273 g/mol. The molecular formula is C14H15N3O3. The van der Waals surface area contributed by atoms with Crippen LogP contribution in [0.3, 0.4) is 0 Å². The van der Waals surface area contributed by atoms with E-state index in [1.807, 2.05) is 6.92 Å². The molecule has 0 spiro atoms. The Kier molecular flexibility index (Phi) is 4.14. The molecule has 0 saturated heterocycles. The number of benzene rings is 1. The highest BCUT2D eigenvalue weighted by atomic mass is 16.6. The highest BCUT2D eigenvalue weighted by Gasteiger charge is 2.14. The third-order valence-corrected chi connectivity index (χ3v) is 2.88. The maximum absolute atomic E-state index is 11.6. The van der Waals surface area contributed by atoms with E-state index in [-0.39, 0.29) is 11.2 Å². The van der Waals surface area contributed by atoms with Crippen molar-refractivity contribution in [2.75, 3.05) is 11.9 Å². The van der Waals surface area contributed by atoms with Gasteiger partial charge in [-0.15, -0.1) is 0 Å². The van der Waals surface area contributed by atoms with Gasteiger partial charge < -0.3 is 9.88 Å². The molecular weight excluding hydrogens is 258 g/mol. The maximum Gasteiger partial charge on any atom is 0.292 e. The highest BCUT2D eigenvalue weighted by molar-refractivity contribution is 5.62. The van der Waals surface area contributed by atoms with Crippen LogP contribution in [0.5, 0.6) is 0 Å². The zero-order valence-corrected chi connectivity index (χ0v) is 11.1. The number of anilines is 1. The van der Waals surface area contributed by atoms with E-state index in [9.17, 15) is 14.9 Å². The van der Waals surface area contributed by atoms with Crippen molar-refractivity contribution in [2.45, 2.75) is 13.5 Å². The van der Waals surface area contributed by atoms with Gasteiger partial charge in [0.2, 0.25) is 0 Å². The van der Waals surface area contributed by atoms with E-state index in [1.165, 1.54) is 16.7 Å². The minimum absolute atomic E-state index is 0.0216. The SMILES string of the molecule is CCNc1ccc(Cn2ccccc2=O)cc1[N+](=O)[O-]. The van der Waals surface area contributed by atoms with Crippen LogP contribution in [-0.4, -0.2) is 16.0 Å². The quantitative estimate of drug-likeness (QED) is 0.669. The van der Waals surface area contributed by atoms with Gasteiger partial charge in [0.1, 0.15) is 5.69 Å². The third-order valence-electron chi connectivity index (χ3n) is 2.88. The smallest absolute Gasteiger partial charge is 0.292 e. The first kappa shape index (κ1) is 13.8. The number of rotatable bonds is 5. The van der Waals surface area contributed by atoms with Gasteiger partial charge in [-0.3, -0.25) is 14.9 Å². The predicted molar refractivity (Wildman–Crippen MR) is 77.1 cm³/mol. The molecule has 0 unspecified atom stereocenters. The largest absolute Gasteiger partial charge is 0.380 e. The van der Waals surface area contributed by atoms with Gasteiger partial charge in [0, 0.05) is 24.9 Å². The van der Waals surface area contributed by atoms with Gasteiger partial charge in [-0.2, -0.15) is 0 Å². The Labute approximate surface area is 115 Å². The molecule has 6 nitrogen and oxygen atoms in total. The summed E-state index contributed by atoms with van der Waals surface area (Å²) in [6.07, 6.45) is 1.66. The molecule has 0 fully saturated rings. The lowest BCUT2D eigenvalue weighted by atomic mass is 10.1. The highest BCUT2D eigenvalue weighted by Crippen LogP contribution is 2.25. The summed E-state index contributed by atoms with van der Waals surface area (Å²) in [5.74, 6) is 0. The summed E-state index contributed by atoms with van der Waals surface area (Å²) >= 11 is 0. The van der Waals surface area contributed by atoms with Crippen LogP contribution in [0.2, 0.25) is 0 Å². The number of hydrogen-bond acceptors (Lipinski definition) is 4. The van der Waals surface area contributed by atoms with Crippen molar-refractivity contribution in [1.29, 1.82) is 0 Å². The fraction of sp³-hybridized carbons (Fsp3) is 0.214. The Morgan fingerprint density at radius 3 is 2.75 bits per heavy atom. The van der Waals surface area contributed by atoms with Crippen LogP contribution in [0.4, 0.5) is 11.4 Å². The molecule has 0 radical (unpaired) electrons. The van der Waals surface area contributed by atoms with Crippen LogP contribution in [0.15, 0.2) is 47.4 Å². The van der Waals surface area contributed by atoms with Crippen LogP contribution >= 0.6 is 0 Å². The molecule has 0 amide bonds. The van der Waals surface area contributed by atoms with Crippen molar-refractivity contribution in [2.24, 2.45) is 0 Å². The van der Waals surface area contributed by atoms with Crippen molar-refractivity contribution in [3.05, 3.63) is 68.6 Å². The summed E-state index contributed by atoms with van der Waals surface area (Å²) in [4.78, 5) is 22.3. The molecule has 1 aromatic carbocycles. The molecule has 1 N–H and O–H groups in total. The lowest BCUT2D eigenvalue weighted by Gasteiger charge is -2.08. The summed E-state index contributed by atoms with van der Waals surface area (Å²) in [6, 6.07) is 9.83. The molecule has 2 rings (SSSR count). The standard InChI is InChI=1S/C14H15N3O3/c1-2-15-12-7-6-11(9-13(12)17(19)20)10-16-8-4-3-5-14(16)18/h3-9,15H,2,10H2,1H3. The first-order valence-corrected chi connectivity index (χ1v) is 6.28. The molecule has 0 atom stereocenters. The Morgan fingerprint density at radius 1 is 1.30 bits per heavy atom. The summed E-state index contributed by atoms with van der Waals surface area (Å²) in [5, 5.41) is 14.0. The minimum atomic E-state index is -0.421. The zero-order valence-electron chi connectivity index (χ0n) is 11.1.